The van der Waals surface area contributed by atoms with E-state index in [4.69, 9.17) is 4.74 Å². The van der Waals surface area contributed by atoms with Crippen LogP contribution in [0.15, 0.2) is 18.2 Å². The SMILES string of the molecule is CNCCN(C)C(=O)c1ccc2c(c1)OCC(=O)N2.Cl. The topological polar surface area (TPSA) is 70.7 Å². The summed E-state index contributed by atoms with van der Waals surface area (Å²) in [5.41, 5.74) is 1.15. The van der Waals surface area contributed by atoms with Crippen molar-refractivity contribution in [1.82, 2.24) is 10.2 Å². The lowest BCUT2D eigenvalue weighted by Crippen LogP contribution is -2.33. The van der Waals surface area contributed by atoms with E-state index < -0.39 is 0 Å². The minimum absolute atomic E-state index is 0. The van der Waals surface area contributed by atoms with Gasteiger partial charge in [-0.2, -0.15) is 0 Å². The molecule has 0 spiro atoms. The van der Waals surface area contributed by atoms with E-state index >= 15 is 0 Å². The minimum atomic E-state index is -0.183. The van der Waals surface area contributed by atoms with Crippen LogP contribution in [0.1, 0.15) is 10.4 Å². The van der Waals surface area contributed by atoms with Crippen molar-refractivity contribution < 1.29 is 14.3 Å². The van der Waals surface area contributed by atoms with Crippen LogP contribution >= 0.6 is 12.4 Å². The van der Waals surface area contributed by atoms with Crippen LogP contribution in [-0.4, -0.2) is 50.5 Å². The van der Waals surface area contributed by atoms with Crippen LogP contribution in [-0.2, 0) is 4.79 Å². The van der Waals surface area contributed by atoms with Crippen LogP contribution in [0.4, 0.5) is 5.69 Å². The molecule has 0 unspecified atom stereocenters. The fourth-order valence-corrected chi connectivity index (χ4v) is 1.81. The molecule has 1 aliphatic heterocycles. The average Bonchev–Trinajstić information content (AvgIpc) is 2.43. The molecular weight excluding hydrogens is 282 g/mol. The van der Waals surface area contributed by atoms with Gasteiger partial charge in [-0.3, -0.25) is 9.59 Å². The summed E-state index contributed by atoms with van der Waals surface area (Å²) >= 11 is 0. The first kappa shape index (κ1) is 16.3. The number of benzene rings is 1. The number of hydrogen-bond acceptors (Lipinski definition) is 4. The van der Waals surface area contributed by atoms with E-state index in [0.29, 0.717) is 23.5 Å². The first-order chi connectivity index (χ1) is 9.11. The van der Waals surface area contributed by atoms with Gasteiger partial charge in [-0.25, -0.2) is 0 Å². The second kappa shape index (κ2) is 7.12. The predicted octanol–water partition coefficient (Wildman–Crippen LogP) is 0.731. The molecule has 1 aromatic rings. The van der Waals surface area contributed by atoms with Crippen molar-refractivity contribution in [3.05, 3.63) is 23.8 Å². The number of fused-ring (bicyclic) bond motifs is 1. The Kier molecular flexibility index (Phi) is 5.79. The summed E-state index contributed by atoms with van der Waals surface area (Å²) in [6.07, 6.45) is 0. The fraction of sp³-hybridized carbons (Fsp3) is 0.385. The van der Waals surface area contributed by atoms with Crippen LogP contribution in [0.3, 0.4) is 0 Å². The summed E-state index contributed by atoms with van der Waals surface area (Å²) < 4.78 is 5.29. The number of nitrogens with one attached hydrogen (secondary N) is 2. The summed E-state index contributed by atoms with van der Waals surface area (Å²) in [7, 11) is 3.59. The highest BCUT2D eigenvalue weighted by atomic mass is 35.5. The number of ether oxygens (including phenoxy) is 1. The molecule has 2 amide bonds. The average molecular weight is 300 g/mol. The molecule has 0 fully saturated rings. The molecule has 7 heteroatoms. The smallest absolute Gasteiger partial charge is 0.262 e. The molecule has 0 radical (unpaired) electrons. The Morgan fingerprint density at radius 1 is 1.50 bits per heavy atom. The zero-order chi connectivity index (χ0) is 13.8. The van der Waals surface area contributed by atoms with E-state index in [-0.39, 0.29) is 30.8 Å². The largest absolute Gasteiger partial charge is 0.482 e. The van der Waals surface area contributed by atoms with E-state index in [2.05, 4.69) is 10.6 Å². The third kappa shape index (κ3) is 3.61. The maximum atomic E-state index is 12.2. The second-order valence-electron chi connectivity index (χ2n) is 4.38. The van der Waals surface area contributed by atoms with Crippen molar-refractivity contribution in [3.8, 4) is 5.75 Å². The maximum Gasteiger partial charge on any atom is 0.262 e. The van der Waals surface area contributed by atoms with Crippen LogP contribution in [0.2, 0.25) is 0 Å². The van der Waals surface area contributed by atoms with E-state index in [9.17, 15) is 9.59 Å². The number of amides is 2. The highest BCUT2D eigenvalue weighted by Gasteiger charge is 2.19. The third-order valence-electron chi connectivity index (χ3n) is 2.91. The van der Waals surface area contributed by atoms with E-state index in [0.717, 1.165) is 6.54 Å². The van der Waals surface area contributed by atoms with E-state index in [1.807, 2.05) is 7.05 Å². The molecule has 0 atom stereocenters. The van der Waals surface area contributed by atoms with Gasteiger partial charge < -0.3 is 20.3 Å². The van der Waals surface area contributed by atoms with Crippen molar-refractivity contribution in [1.29, 1.82) is 0 Å². The molecule has 1 heterocycles. The molecule has 0 saturated heterocycles. The van der Waals surface area contributed by atoms with E-state index in [1.54, 1.807) is 30.1 Å². The normalized spacial score (nSPS) is 12.6. The van der Waals surface area contributed by atoms with Gasteiger partial charge in [0.1, 0.15) is 5.75 Å². The highest BCUT2D eigenvalue weighted by molar-refractivity contribution is 5.98. The van der Waals surface area contributed by atoms with Crippen molar-refractivity contribution in [2.75, 3.05) is 39.1 Å². The van der Waals surface area contributed by atoms with E-state index in [1.165, 1.54) is 0 Å². The minimum Gasteiger partial charge on any atom is -0.482 e. The highest BCUT2D eigenvalue weighted by Crippen LogP contribution is 2.28. The van der Waals surface area contributed by atoms with Crippen LogP contribution in [0.5, 0.6) is 5.75 Å². The molecule has 2 rings (SSSR count). The molecular formula is C13H18ClN3O3. The van der Waals surface area contributed by atoms with Gasteiger partial charge in [-0.15, -0.1) is 12.4 Å². The van der Waals surface area contributed by atoms with Crippen LogP contribution < -0.4 is 15.4 Å². The number of likely N-dealkylation sites (N-methyl/N-ethyl adjacent to an activating group) is 2. The monoisotopic (exact) mass is 299 g/mol. The number of hydrogen-bond donors (Lipinski definition) is 2. The summed E-state index contributed by atoms with van der Waals surface area (Å²) in [5, 5.41) is 5.68. The molecule has 2 N–H and O–H groups in total. The Morgan fingerprint density at radius 2 is 2.25 bits per heavy atom. The second-order valence-corrected chi connectivity index (χ2v) is 4.38. The number of carbonyl (C=O) groups excluding carboxylic acids is 2. The first-order valence-corrected chi connectivity index (χ1v) is 6.08. The van der Waals surface area contributed by atoms with Crippen molar-refractivity contribution in [2.45, 2.75) is 0 Å². The van der Waals surface area contributed by atoms with Gasteiger partial charge in [0, 0.05) is 25.7 Å². The Morgan fingerprint density at radius 3 is 2.95 bits per heavy atom. The van der Waals surface area contributed by atoms with Crippen molar-refractivity contribution >= 4 is 29.9 Å². The molecule has 1 aromatic carbocycles. The molecule has 1 aliphatic rings. The molecule has 20 heavy (non-hydrogen) atoms. The van der Waals surface area contributed by atoms with Crippen molar-refractivity contribution in [3.63, 3.8) is 0 Å². The molecule has 0 aromatic heterocycles. The predicted molar refractivity (Wildman–Crippen MR) is 78.7 cm³/mol. The van der Waals surface area contributed by atoms with Gasteiger partial charge in [0.05, 0.1) is 5.69 Å². The molecule has 6 nitrogen and oxygen atoms in total. The van der Waals surface area contributed by atoms with Gasteiger partial charge in [0.25, 0.3) is 11.8 Å². The Bertz CT molecular complexity index is 508. The van der Waals surface area contributed by atoms with Crippen LogP contribution in [0, 0.1) is 0 Å². The lowest BCUT2D eigenvalue weighted by atomic mass is 10.1. The quantitative estimate of drug-likeness (QED) is 0.860. The number of halogens is 1. The zero-order valence-corrected chi connectivity index (χ0v) is 12.3. The maximum absolute atomic E-state index is 12.2. The van der Waals surface area contributed by atoms with Gasteiger partial charge in [0.2, 0.25) is 0 Å². The lowest BCUT2D eigenvalue weighted by molar-refractivity contribution is -0.118. The van der Waals surface area contributed by atoms with Gasteiger partial charge >= 0.3 is 0 Å². The Labute approximate surface area is 123 Å². The molecule has 110 valence electrons. The number of nitrogens with zero attached hydrogens (tertiary/aromatic N) is 1. The molecule has 0 aliphatic carbocycles. The van der Waals surface area contributed by atoms with Crippen LogP contribution in [0.25, 0.3) is 0 Å². The fourth-order valence-electron chi connectivity index (χ4n) is 1.81. The number of anilines is 1. The standard InChI is InChI=1S/C13H17N3O3.ClH/c1-14-5-6-16(2)13(18)9-3-4-10-11(7-9)19-8-12(17)15-10;/h3-4,7,14H,5-6,8H2,1-2H3,(H,15,17);1H. The lowest BCUT2D eigenvalue weighted by Gasteiger charge is -2.20. The Balaban J connectivity index is 0.00000200. The summed E-state index contributed by atoms with van der Waals surface area (Å²) in [4.78, 5) is 24.9. The summed E-state index contributed by atoms with van der Waals surface area (Å²) in [6, 6.07) is 5.03. The third-order valence-corrected chi connectivity index (χ3v) is 2.91. The van der Waals surface area contributed by atoms with Crippen molar-refractivity contribution in [2.24, 2.45) is 0 Å². The summed E-state index contributed by atoms with van der Waals surface area (Å²) in [5.74, 6) is 0.281. The number of rotatable bonds is 4. The van der Waals surface area contributed by atoms with Gasteiger partial charge in [0.15, 0.2) is 6.61 Å². The molecule has 0 saturated carbocycles. The Hall–Kier alpha value is -1.79. The molecule has 0 bridgehead atoms. The first-order valence-electron chi connectivity index (χ1n) is 6.08. The van der Waals surface area contributed by atoms with Gasteiger partial charge in [-0.1, -0.05) is 0 Å². The van der Waals surface area contributed by atoms with Gasteiger partial charge in [-0.05, 0) is 25.2 Å². The number of carbonyl (C=O) groups is 2. The summed E-state index contributed by atoms with van der Waals surface area (Å²) in [6.45, 7) is 1.35. The zero-order valence-electron chi connectivity index (χ0n) is 11.4.